The van der Waals surface area contributed by atoms with Crippen LogP contribution in [0.25, 0.3) is 10.1 Å². The van der Waals surface area contributed by atoms with Crippen molar-refractivity contribution in [1.29, 1.82) is 0 Å². The van der Waals surface area contributed by atoms with Gasteiger partial charge in [0.1, 0.15) is 0 Å². The molecule has 1 heterocycles. The summed E-state index contributed by atoms with van der Waals surface area (Å²) >= 11 is 6.04. The Bertz CT molecular complexity index is 445. The topological polar surface area (TPSA) is 20.2 Å². The standard InChI is InChI=1S/C10H10OS2/c1-6-7(4-11)2-3-8-9(12)5-13-10(6)8/h2-3,5,11-12H,4H2,1H3. The zero-order chi connectivity index (χ0) is 9.42. The molecule has 0 saturated carbocycles. The van der Waals surface area contributed by atoms with Crippen LogP contribution in [0, 0.1) is 6.92 Å². The molecule has 3 heteroatoms. The second-order valence-corrected chi connectivity index (χ2v) is 4.37. The van der Waals surface area contributed by atoms with Crippen LogP contribution in [0.5, 0.6) is 0 Å². The van der Waals surface area contributed by atoms with Crippen LogP contribution in [-0.2, 0) is 6.61 Å². The van der Waals surface area contributed by atoms with Crippen LogP contribution in [0.3, 0.4) is 0 Å². The summed E-state index contributed by atoms with van der Waals surface area (Å²) in [5.41, 5.74) is 2.17. The monoisotopic (exact) mass is 210 g/mol. The van der Waals surface area contributed by atoms with Gasteiger partial charge in [-0.1, -0.05) is 12.1 Å². The normalized spacial score (nSPS) is 11.0. The smallest absolute Gasteiger partial charge is 0.0684 e. The van der Waals surface area contributed by atoms with Gasteiger partial charge in [0.2, 0.25) is 0 Å². The summed E-state index contributed by atoms with van der Waals surface area (Å²) in [7, 11) is 0. The number of aliphatic hydroxyl groups excluding tert-OH is 1. The van der Waals surface area contributed by atoms with Crippen molar-refractivity contribution in [2.24, 2.45) is 0 Å². The van der Waals surface area contributed by atoms with E-state index in [0.717, 1.165) is 10.5 Å². The third kappa shape index (κ3) is 1.37. The Morgan fingerprint density at radius 3 is 2.92 bits per heavy atom. The summed E-state index contributed by atoms with van der Waals surface area (Å²) in [6.07, 6.45) is 0. The van der Waals surface area contributed by atoms with Crippen molar-refractivity contribution in [3.8, 4) is 0 Å². The number of hydrogen-bond donors (Lipinski definition) is 2. The van der Waals surface area contributed by atoms with Crippen molar-refractivity contribution in [2.45, 2.75) is 18.4 Å². The minimum atomic E-state index is 0.113. The second-order valence-electron chi connectivity index (χ2n) is 3.01. The van der Waals surface area contributed by atoms with E-state index in [1.54, 1.807) is 11.3 Å². The van der Waals surface area contributed by atoms with Gasteiger partial charge in [0.05, 0.1) is 6.61 Å². The predicted molar refractivity (Wildman–Crippen MR) is 59.7 cm³/mol. The van der Waals surface area contributed by atoms with E-state index in [9.17, 15) is 0 Å². The van der Waals surface area contributed by atoms with Crippen LogP contribution in [0.2, 0.25) is 0 Å². The maximum atomic E-state index is 9.07. The van der Waals surface area contributed by atoms with Crippen molar-refractivity contribution in [2.75, 3.05) is 0 Å². The fourth-order valence-corrected chi connectivity index (χ4v) is 2.82. The number of fused-ring (bicyclic) bond motifs is 1. The number of hydrogen-bond acceptors (Lipinski definition) is 3. The highest BCUT2D eigenvalue weighted by molar-refractivity contribution is 7.80. The van der Waals surface area contributed by atoms with Gasteiger partial charge in [0.15, 0.2) is 0 Å². The van der Waals surface area contributed by atoms with Gasteiger partial charge in [-0.05, 0) is 18.1 Å². The molecule has 0 atom stereocenters. The van der Waals surface area contributed by atoms with Crippen molar-refractivity contribution >= 4 is 34.1 Å². The Balaban J connectivity index is 2.80. The minimum absolute atomic E-state index is 0.113. The zero-order valence-corrected chi connectivity index (χ0v) is 8.95. The molecular formula is C10H10OS2. The third-order valence-corrected chi connectivity index (χ3v) is 3.91. The van der Waals surface area contributed by atoms with Gasteiger partial charge in [-0.3, -0.25) is 0 Å². The summed E-state index contributed by atoms with van der Waals surface area (Å²) in [6, 6.07) is 3.98. The molecule has 1 N–H and O–H groups in total. The molecule has 1 aromatic carbocycles. The maximum Gasteiger partial charge on any atom is 0.0684 e. The van der Waals surface area contributed by atoms with Gasteiger partial charge in [0, 0.05) is 20.4 Å². The Hall–Kier alpha value is -0.510. The van der Waals surface area contributed by atoms with E-state index < -0.39 is 0 Å². The first-order valence-electron chi connectivity index (χ1n) is 4.03. The van der Waals surface area contributed by atoms with Gasteiger partial charge in [-0.2, -0.15) is 0 Å². The third-order valence-electron chi connectivity index (χ3n) is 2.25. The van der Waals surface area contributed by atoms with Crippen LogP contribution in [0.15, 0.2) is 22.4 Å². The molecule has 0 saturated heterocycles. The van der Waals surface area contributed by atoms with Gasteiger partial charge in [-0.15, -0.1) is 24.0 Å². The molecule has 1 aromatic heterocycles. The van der Waals surface area contributed by atoms with E-state index in [1.807, 2.05) is 24.4 Å². The Morgan fingerprint density at radius 2 is 2.23 bits per heavy atom. The number of aryl methyl sites for hydroxylation is 1. The number of rotatable bonds is 1. The number of thiol groups is 1. The fourth-order valence-electron chi connectivity index (χ4n) is 1.44. The lowest BCUT2D eigenvalue weighted by Gasteiger charge is -2.02. The fraction of sp³-hybridized carbons (Fsp3) is 0.200. The summed E-state index contributed by atoms with van der Waals surface area (Å²) in [6.45, 7) is 2.15. The van der Waals surface area contributed by atoms with Crippen molar-refractivity contribution in [3.05, 3.63) is 28.6 Å². The van der Waals surface area contributed by atoms with E-state index in [0.29, 0.717) is 0 Å². The maximum absolute atomic E-state index is 9.07. The first-order valence-corrected chi connectivity index (χ1v) is 5.36. The van der Waals surface area contributed by atoms with E-state index in [4.69, 9.17) is 5.11 Å². The quantitative estimate of drug-likeness (QED) is 0.693. The summed E-state index contributed by atoms with van der Waals surface area (Å²) in [5, 5.41) is 12.3. The van der Waals surface area contributed by atoms with Gasteiger partial charge >= 0.3 is 0 Å². The van der Waals surface area contributed by atoms with Crippen LogP contribution in [0.1, 0.15) is 11.1 Å². The molecule has 0 radical (unpaired) electrons. The molecule has 0 aliphatic carbocycles. The Kier molecular flexibility index (Phi) is 2.32. The van der Waals surface area contributed by atoms with Crippen molar-refractivity contribution in [3.63, 3.8) is 0 Å². The molecule has 2 aromatic rings. The molecule has 13 heavy (non-hydrogen) atoms. The lowest BCUT2D eigenvalue weighted by Crippen LogP contribution is -1.87. The molecular weight excluding hydrogens is 200 g/mol. The van der Waals surface area contributed by atoms with Gasteiger partial charge < -0.3 is 5.11 Å². The SMILES string of the molecule is Cc1c(CO)ccc2c(S)csc12. The predicted octanol–water partition coefficient (Wildman–Crippen LogP) is 2.99. The Labute approximate surface area is 86.4 Å². The molecule has 0 unspecified atom stereocenters. The number of aliphatic hydroxyl groups is 1. The lowest BCUT2D eigenvalue weighted by molar-refractivity contribution is 0.281. The highest BCUT2D eigenvalue weighted by atomic mass is 32.1. The van der Waals surface area contributed by atoms with E-state index in [1.165, 1.54) is 15.6 Å². The minimum Gasteiger partial charge on any atom is -0.392 e. The van der Waals surface area contributed by atoms with Gasteiger partial charge in [0.25, 0.3) is 0 Å². The van der Waals surface area contributed by atoms with Crippen LogP contribution >= 0.6 is 24.0 Å². The van der Waals surface area contributed by atoms with E-state index >= 15 is 0 Å². The van der Waals surface area contributed by atoms with Crippen LogP contribution in [-0.4, -0.2) is 5.11 Å². The molecule has 2 rings (SSSR count). The molecule has 0 spiro atoms. The summed E-state index contributed by atoms with van der Waals surface area (Å²) in [4.78, 5) is 1.02. The number of benzene rings is 1. The molecule has 0 amide bonds. The lowest BCUT2D eigenvalue weighted by atomic mass is 10.1. The van der Waals surface area contributed by atoms with Gasteiger partial charge in [-0.25, -0.2) is 0 Å². The van der Waals surface area contributed by atoms with Crippen LogP contribution in [0.4, 0.5) is 0 Å². The molecule has 0 aliphatic rings. The first kappa shape index (κ1) is 9.06. The first-order chi connectivity index (χ1) is 6.24. The van der Waals surface area contributed by atoms with Crippen molar-refractivity contribution in [1.82, 2.24) is 0 Å². The largest absolute Gasteiger partial charge is 0.392 e. The Morgan fingerprint density at radius 1 is 1.46 bits per heavy atom. The zero-order valence-electron chi connectivity index (χ0n) is 7.24. The van der Waals surface area contributed by atoms with E-state index in [-0.39, 0.29) is 6.61 Å². The molecule has 0 aliphatic heterocycles. The van der Waals surface area contributed by atoms with E-state index in [2.05, 4.69) is 12.6 Å². The highest BCUT2D eigenvalue weighted by Crippen LogP contribution is 2.32. The van der Waals surface area contributed by atoms with Crippen LogP contribution < -0.4 is 0 Å². The second kappa shape index (κ2) is 3.33. The average Bonchev–Trinajstić information content (AvgIpc) is 2.50. The summed E-state index contributed by atoms with van der Waals surface area (Å²) < 4.78 is 1.23. The average molecular weight is 210 g/mol. The molecule has 0 bridgehead atoms. The van der Waals surface area contributed by atoms with Crippen molar-refractivity contribution < 1.29 is 5.11 Å². The molecule has 1 nitrogen and oxygen atoms in total. The summed E-state index contributed by atoms with van der Waals surface area (Å²) in [5.74, 6) is 0. The molecule has 68 valence electrons. The highest BCUT2D eigenvalue weighted by Gasteiger charge is 2.06. The molecule has 0 fully saturated rings. The number of thiophene rings is 1.